The van der Waals surface area contributed by atoms with Gasteiger partial charge in [-0.15, -0.1) is 0 Å². The van der Waals surface area contributed by atoms with Crippen LogP contribution < -0.4 is 15.8 Å². The molecule has 0 bridgehead atoms. The van der Waals surface area contributed by atoms with Crippen molar-refractivity contribution in [2.75, 3.05) is 6.61 Å². The van der Waals surface area contributed by atoms with Crippen molar-refractivity contribution < 1.29 is 14.3 Å². The molecule has 1 rings (SSSR count). The first-order valence-electron chi connectivity index (χ1n) is 3.91. The topological polar surface area (TPSA) is 94.3 Å². The summed E-state index contributed by atoms with van der Waals surface area (Å²) >= 11 is 5.54. The minimum absolute atomic E-state index is 0.313. The summed E-state index contributed by atoms with van der Waals surface area (Å²) in [6.45, 7) is -0.313. The van der Waals surface area contributed by atoms with Crippen molar-refractivity contribution in [2.45, 2.75) is 0 Å². The average Bonchev–Trinajstić information content (AvgIpc) is 2.16. The minimum Gasteiger partial charge on any atom is -0.482 e. The molecule has 15 heavy (non-hydrogen) atoms. The number of rotatable bonds is 3. The van der Waals surface area contributed by atoms with E-state index in [2.05, 4.69) is 4.98 Å². The van der Waals surface area contributed by atoms with Crippen LogP contribution in [0.25, 0.3) is 0 Å². The fourth-order valence-electron chi connectivity index (χ4n) is 0.770. The van der Waals surface area contributed by atoms with Gasteiger partial charge in [-0.2, -0.15) is 0 Å². The number of carbonyl (C=O) groups is 2. The van der Waals surface area contributed by atoms with Crippen molar-refractivity contribution >= 4 is 23.5 Å². The summed E-state index contributed by atoms with van der Waals surface area (Å²) < 4.78 is 4.98. The van der Waals surface area contributed by atoms with Crippen LogP contribution >= 0.6 is 11.6 Å². The van der Waals surface area contributed by atoms with Gasteiger partial charge in [0.1, 0.15) is 10.9 Å². The van der Waals surface area contributed by atoms with Crippen molar-refractivity contribution in [1.29, 1.82) is 0 Å². The second kappa shape index (κ2) is 5.16. The molecule has 0 spiro atoms. The van der Waals surface area contributed by atoms with Gasteiger partial charge in [0.25, 0.3) is 5.91 Å². The van der Waals surface area contributed by atoms with Gasteiger partial charge in [-0.3, -0.25) is 10.1 Å². The Kier molecular flexibility index (Phi) is 3.87. The number of aromatic nitrogens is 1. The SMILES string of the molecule is NC(=O)NC(=O)COc1ccc(Cl)nc1. The summed E-state index contributed by atoms with van der Waals surface area (Å²) in [4.78, 5) is 24.9. The maximum absolute atomic E-state index is 10.9. The Hall–Kier alpha value is -1.82. The number of ether oxygens (including phenoxy) is 1. The van der Waals surface area contributed by atoms with Crippen LogP contribution in [0.15, 0.2) is 18.3 Å². The number of hydrogen-bond acceptors (Lipinski definition) is 4. The molecule has 6 nitrogen and oxygen atoms in total. The molecule has 0 saturated heterocycles. The fraction of sp³-hybridized carbons (Fsp3) is 0.125. The molecule has 1 aromatic rings. The van der Waals surface area contributed by atoms with Crippen molar-refractivity contribution in [3.8, 4) is 5.75 Å². The van der Waals surface area contributed by atoms with E-state index >= 15 is 0 Å². The summed E-state index contributed by atoms with van der Waals surface area (Å²) in [5, 5.41) is 2.18. The van der Waals surface area contributed by atoms with E-state index in [4.69, 9.17) is 22.1 Å². The number of hydrogen-bond donors (Lipinski definition) is 2. The lowest BCUT2D eigenvalue weighted by Crippen LogP contribution is -2.38. The second-order valence-corrected chi connectivity index (χ2v) is 2.90. The smallest absolute Gasteiger partial charge is 0.318 e. The van der Waals surface area contributed by atoms with E-state index in [1.807, 2.05) is 5.32 Å². The molecule has 1 aromatic heterocycles. The zero-order valence-corrected chi connectivity index (χ0v) is 8.32. The molecular weight excluding hydrogens is 222 g/mol. The molecule has 3 amide bonds. The van der Waals surface area contributed by atoms with E-state index in [0.29, 0.717) is 10.9 Å². The minimum atomic E-state index is -0.919. The Morgan fingerprint density at radius 2 is 2.27 bits per heavy atom. The van der Waals surface area contributed by atoms with E-state index in [9.17, 15) is 9.59 Å². The van der Waals surface area contributed by atoms with E-state index in [-0.39, 0.29) is 6.61 Å². The number of primary amides is 1. The Morgan fingerprint density at radius 1 is 1.53 bits per heavy atom. The van der Waals surface area contributed by atoms with Gasteiger partial charge in [0.2, 0.25) is 0 Å². The molecule has 0 fully saturated rings. The van der Waals surface area contributed by atoms with E-state index < -0.39 is 11.9 Å². The monoisotopic (exact) mass is 229 g/mol. The molecule has 0 radical (unpaired) electrons. The summed E-state index contributed by atoms with van der Waals surface area (Å²) in [5.74, 6) is -0.253. The maximum atomic E-state index is 10.9. The number of carbonyl (C=O) groups excluding carboxylic acids is 2. The van der Waals surface area contributed by atoms with Crippen molar-refractivity contribution in [3.05, 3.63) is 23.5 Å². The van der Waals surface area contributed by atoms with Gasteiger partial charge in [0.15, 0.2) is 6.61 Å². The molecule has 0 unspecified atom stereocenters. The molecule has 0 aliphatic carbocycles. The molecule has 0 aliphatic rings. The number of imide groups is 1. The van der Waals surface area contributed by atoms with Crippen LogP contribution in [0.3, 0.4) is 0 Å². The number of amides is 3. The molecule has 0 atom stereocenters. The Balaban J connectivity index is 2.40. The molecule has 80 valence electrons. The fourth-order valence-corrected chi connectivity index (χ4v) is 0.882. The quantitative estimate of drug-likeness (QED) is 0.730. The van der Waals surface area contributed by atoms with Gasteiger partial charge in [0, 0.05) is 0 Å². The average molecular weight is 230 g/mol. The normalized spacial score (nSPS) is 9.40. The Labute approximate surface area is 90.4 Å². The Bertz CT molecular complexity index is 366. The van der Waals surface area contributed by atoms with E-state index in [1.165, 1.54) is 12.3 Å². The Morgan fingerprint density at radius 3 is 2.80 bits per heavy atom. The number of pyridine rings is 1. The standard InChI is InChI=1S/C8H8ClN3O3/c9-6-2-1-5(3-11-6)15-4-7(13)12-8(10)14/h1-3H,4H2,(H3,10,12,13,14). The predicted molar refractivity (Wildman–Crippen MR) is 52.5 cm³/mol. The van der Waals surface area contributed by atoms with Crippen molar-refractivity contribution in [3.63, 3.8) is 0 Å². The summed E-state index contributed by atoms with van der Waals surface area (Å²) in [6, 6.07) is 2.15. The number of urea groups is 1. The summed E-state index contributed by atoms with van der Waals surface area (Å²) in [7, 11) is 0. The van der Waals surface area contributed by atoms with Gasteiger partial charge >= 0.3 is 6.03 Å². The lowest BCUT2D eigenvalue weighted by atomic mass is 10.4. The number of halogens is 1. The molecular formula is C8H8ClN3O3. The van der Waals surface area contributed by atoms with Gasteiger partial charge < -0.3 is 10.5 Å². The highest BCUT2D eigenvalue weighted by atomic mass is 35.5. The lowest BCUT2D eigenvalue weighted by molar-refractivity contribution is -0.121. The largest absolute Gasteiger partial charge is 0.482 e. The van der Waals surface area contributed by atoms with E-state index in [0.717, 1.165) is 0 Å². The van der Waals surface area contributed by atoms with Crippen LogP contribution in [0.5, 0.6) is 5.75 Å². The van der Waals surface area contributed by atoms with Crippen molar-refractivity contribution in [2.24, 2.45) is 5.73 Å². The van der Waals surface area contributed by atoms with Crippen LogP contribution in [0, 0.1) is 0 Å². The zero-order chi connectivity index (χ0) is 11.3. The lowest BCUT2D eigenvalue weighted by Gasteiger charge is -2.04. The molecule has 0 saturated carbocycles. The molecule has 3 N–H and O–H groups in total. The van der Waals surface area contributed by atoms with Gasteiger partial charge in [0.05, 0.1) is 6.20 Å². The number of nitrogens with zero attached hydrogens (tertiary/aromatic N) is 1. The van der Waals surface area contributed by atoms with Crippen LogP contribution in [0.2, 0.25) is 5.15 Å². The third-order valence-corrected chi connectivity index (χ3v) is 1.56. The summed E-state index contributed by atoms with van der Waals surface area (Å²) in [5.41, 5.74) is 4.73. The third-order valence-electron chi connectivity index (χ3n) is 1.33. The highest BCUT2D eigenvalue weighted by Crippen LogP contribution is 2.11. The zero-order valence-electron chi connectivity index (χ0n) is 7.57. The summed E-state index contributed by atoms with van der Waals surface area (Å²) in [6.07, 6.45) is 1.36. The first kappa shape index (κ1) is 11.3. The first-order valence-corrected chi connectivity index (χ1v) is 4.29. The van der Waals surface area contributed by atoms with Gasteiger partial charge in [-0.25, -0.2) is 9.78 Å². The first-order chi connectivity index (χ1) is 7.08. The van der Waals surface area contributed by atoms with Crippen LogP contribution in [0.4, 0.5) is 4.79 Å². The highest BCUT2D eigenvalue weighted by molar-refractivity contribution is 6.29. The molecule has 0 aromatic carbocycles. The highest BCUT2D eigenvalue weighted by Gasteiger charge is 2.04. The molecule has 0 aliphatic heterocycles. The predicted octanol–water partition coefficient (Wildman–Crippen LogP) is 0.309. The van der Waals surface area contributed by atoms with Gasteiger partial charge in [-0.1, -0.05) is 11.6 Å². The number of nitrogens with two attached hydrogens (primary N) is 1. The molecule has 7 heteroatoms. The van der Waals surface area contributed by atoms with Gasteiger partial charge in [-0.05, 0) is 12.1 Å². The third kappa shape index (κ3) is 4.28. The second-order valence-electron chi connectivity index (χ2n) is 2.52. The van der Waals surface area contributed by atoms with Crippen LogP contribution in [-0.2, 0) is 4.79 Å². The van der Waals surface area contributed by atoms with E-state index in [1.54, 1.807) is 6.07 Å². The maximum Gasteiger partial charge on any atom is 0.318 e. The number of nitrogens with one attached hydrogen (secondary N) is 1. The molecule has 1 heterocycles. The van der Waals surface area contributed by atoms with Crippen LogP contribution in [-0.4, -0.2) is 23.5 Å². The van der Waals surface area contributed by atoms with Crippen LogP contribution in [0.1, 0.15) is 0 Å². The van der Waals surface area contributed by atoms with Crippen molar-refractivity contribution in [1.82, 2.24) is 10.3 Å².